The van der Waals surface area contributed by atoms with Crippen molar-refractivity contribution in [1.29, 1.82) is 0 Å². The second-order valence-electron chi connectivity index (χ2n) is 15.7. The molecule has 0 aliphatic heterocycles. The molecule has 4 aliphatic rings. The van der Waals surface area contributed by atoms with E-state index in [1.807, 2.05) is 0 Å². The van der Waals surface area contributed by atoms with Gasteiger partial charge in [-0.3, -0.25) is 4.79 Å². The van der Waals surface area contributed by atoms with E-state index in [2.05, 4.69) is 39.1 Å². The number of hydrogen-bond donors (Lipinski definition) is 3. The van der Waals surface area contributed by atoms with Crippen LogP contribution < -0.4 is 16.8 Å². The van der Waals surface area contributed by atoms with Gasteiger partial charge in [0.25, 0.3) is 0 Å². The molecule has 4 aliphatic carbocycles. The molecule has 0 aromatic carbocycles. The van der Waals surface area contributed by atoms with Crippen molar-refractivity contribution in [1.82, 2.24) is 5.32 Å². The molecule has 242 valence electrons. The predicted molar refractivity (Wildman–Crippen MR) is 176 cm³/mol. The van der Waals surface area contributed by atoms with E-state index in [0.717, 1.165) is 94.0 Å². The highest BCUT2D eigenvalue weighted by Gasteiger charge is 2.58. The monoisotopic (exact) mass is 586 g/mol. The van der Waals surface area contributed by atoms with Crippen LogP contribution in [0.25, 0.3) is 0 Å². The van der Waals surface area contributed by atoms with Crippen LogP contribution in [-0.2, 0) is 9.53 Å². The molecule has 8 atom stereocenters. The Kier molecular flexibility index (Phi) is 12.9. The summed E-state index contributed by atoms with van der Waals surface area (Å²) in [6, 6.07) is -0.238. The van der Waals surface area contributed by atoms with E-state index in [0.29, 0.717) is 17.4 Å². The first-order chi connectivity index (χ1) is 20.2. The fraction of sp³-hybridized carbons (Fsp3) is 0.919. The molecule has 0 radical (unpaired) electrons. The van der Waals surface area contributed by atoms with Gasteiger partial charge in [0, 0.05) is 6.42 Å². The van der Waals surface area contributed by atoms with Gasteiger partial charge in [-0.05, 0) is 137 Å². The summed E-state index contributed by atoms with van der Waals surface area (Å²) in [7, 11) is 0. The summed E-state index contributed by atoms with van der Waals surface area (Å²) in [5.41, 5.74) is 13.9. The Labute approximate surface area is 259 Å². The Hall–Kier alpha value is -0.910. The Balaban J connectivity index is 1.32. The van der Waals surface area contributed by atoms with E-state index in [-0.39, 0.29) is 18.1 Å². The summed E-state index contributed by atoms with van der Waals surface area (Å²) in [5.74, 6) is 4.28. The molecule has 0 heterocycles. The molecule has 0 spiro atoms. The molecular weight excluding hydrogens is 518 g/mol. The maximum absolute atomic E-state index is 13.3. The van der Waals surface area contributed by atoms with Crippen molar-refractivity contribution >= 4 is 5.97 Å². The number of carbonyl (C=O) groups is 1. The molecule has 3 fully saturated rings. The van der Waals surface area contributed by atoms with Crippen molar-refractivity contribution in [2.75, 3.05) is 19.6 Å². The van der Waals surface area contributed by atoms with Gasteiger partial charge in [-0.1, -0.05) is 71.4 Å². The van der Waals surface area contributed by atoms with Gasteiger partial charge in [-0.15, -0.1) is 0 Å². The molecule has 0 bridgehead atoms. The maximum Gasteiger partial charge on any atom is 0.323 e. The number of nitrogens with two attached hydrogens (primary N) is 2. The number of ether oxygens (including phenoxy) is 1. The second-order valence-corrected chi connectivity index (χ2v) is 15.7. The zero-order valence-corrected chi connectivity index (χ0v) is 27.9. The number of carbonyl (C=O) groups excluding carboxylic acids is 1. The van der Waals surface area contributed by atoms with Crippen LogP contribution in [-0.4, -0.2) is 37.7 Å². The van der Waals surface area contributed by atoms with Crippen LogP contribution in [0.5, 0.6) is 0 Å². The Morgan fingerprint density at radius 3 is 2.48 bits per heavy atom. The Morgan fingerprint density at radius 2 is 1.71 bits per heavy atom. The van der Waals surface area contributed by atoms with Crippen LogP contribution in [0.4, 0.5) is 0 Å². The van der Waals surface area contributed by atoms with Gasteiger partial charge < -0.3 is 21.5 Å². The van der Waals surface area contributed by atoms with Gasteiger partial charge in [0.15, 0.2) is 0 Å². The molecule has 5 N–H and O–H groups in total. The minimum atomic E-state index is -0.238. The number of esters is 1. The number of rotatable bonds is 17. The standard InChI is InChI=1S/C37H67N3O2/c1-27(2)12-7-8-13-28-16-18-32-31-17-15-29-26-30(19-21-37(29,4)33(31)20-22-36(28,32)3)42-35(41)34(14-11-24-39)40-25-10-6-5-9-23-38/h15,27-28,30-34,40H,5-14,16-26,38-39H2,1-4H3/t28?,30-,31-,32?,33?,34-,36+,37-/m0/s1. The molecule has 0 saturated heterocycles. The van der Waals surface area contributed by atoms with Crippen LogP contribution in [0.2, 0.25) is 0 Å². The highest BCUT2D eigenvalue weighted by Crippen LogP contribution is 2.66. The first-order valence-corrected chi connectivity index (χ1v) is 18.3. The molecule has 0 amide bonds. The van der Waals surface area contributed by atoms with Gasteiger partial charge in [0.1, 0.15) is 12.1 Å². The summed E-state index contributed by atoms with van der Waals surface area (Å²) >= 11 is 0. The number of nitrogens with one attached hydrogen (secondary N) is 1. The lowest BCUT2D eigenvalue weighted by Gasteiger charge is -2.58. The first kappa shape index (κ1) is 34.0. The second kappa shape index (κ2) is 15.9. The molecule has 5 heteroatoms. The third-order valence-corrected chi connectivity index (χ3v) is 12.6. The van der Waals surface area contributed by atoms with Crippen molar-refractivity contribution in [3.05, 3.63) is 11.6 Å². The van der Waals surface area contributed by atoms with Crippen molar-refractivity contribution in [3.63, 3.8) is 0 Å². The third-order valence-electron chi connectivity index (χ3n) is 12.6. The molecule has 4 rings (SSSR count). The number of allylic oxidation sites excluding steroid dienone is 1. The average Bonchev–Trinajstić information content (AvgIpc) is 3.30. The third kappa shape index (κ3) is 8.02. The lowest BCUT2D eigenvalue weighted by Crippen LogP contribution is -2.51. The quantitative estimate of drug-likeness (QED) is 0.0917. The van der Waals surface area contributed by atoms with Gasteiger partial charge >= 0.3 is 5.97 Å². The summed E-state index contributed by atoms with van der Waals surface area (Å²) < 4.78 is 6.24. The first-order valence-electron chi connectivity index (χ1n) is 18.3. The molecular formula is C37H67N3O2. The van der Waals surface area contributed by atoms with Gasteiger partial charge in [0.05, 0.1) is 0 Å². The highest BCUT2D eigenvalue weighted by atomic mass is 16.5. The van der Waals surface area contributed by atoms with Gasteiger partial charge in [-0.2, -0.15) is 0 Å². The van der Waals surface area contributed by atoms with Crippen molar-refractivity contribution in [3.8, 4) is 0 Å². The summed E-state index contributed by atoms with van der Waals surface area (Å²) in [5, 5.41) is 3.49. The van der Waals surface area contributed by atoms with E-state index in [4.69, 9.17) is 16.2 Å². The molecule has 5 nitrogen and oxygen atoms in total. The summed E-state index contributed by atoms with van der Waals surface area (Å²) in [6.07, 6.45) is 24.5. The van der Waals surface area contributed by atoms with Crippen LogP contribution in [0, 0.1) is 40.4 Å². The Morgan fingerprint density at radius 1 is 0.929 bits per heavy atom. The molecule has 42 heavy (non-hydrogen) atoms. The van der Waals surface area contributed by atoms with E-state index < -0.39 is 0 Å². The molecule has 3 saturated carbocycles. The van der Waals surface area contributed by atoms with E-state index >= 15 is 0 Å². The Bertz CT molecular complexity index is 873. The maximum atomic E-state index is 13.3. The van der Waals surface area contributed by atoms with Crippen LogP contribution in [0.15, 0.2) is 11.6 Å². The molecule has 0 aromatic rings. The van der Waals surface area contributed by atoms with E-state index in [1.165, 1.54) is 64.2 Å². The van der Waals surface area contributed by atoms with E-state index in [1.54, 1.807) is 5.57 Å². The van der Waals surface area contributed by atoms with E-state index in [9.17, 15) is 4.79 Å². The van der Waals surface area contributed by atoms with Crippen molar-refractivity contribution in [2.24, 2.45) is 51.9 Å². The largest absolute Gasteiger partial charge is 0.461 e. The lowest BCUT2D eigenvalue weighted by molar-refractivity contribution is -0.154. The van der Waals surface area contributed by atoms with Crippen molar-refractivity contribution < 1.29 is 9.53 Å². The zero-order valence-electron chi connectivity index (χ0n) is 27.9. The highest BCUT2D eigenvalue weighted by molar-refractivity contribution is 5.76. The fourth-order valence-electron chi connectivity index (χ4n) is 10.0. The van der Waals surface area contributed by atoms with Gasteiger partial charge in [0.2, 0.25) is 0 Å². The SMILES string of the molecule is CC(C)CCCCC1CCC2[C@@H]3CC=C4C[C@@H](OC(=O)[C@H](CCCN)NCCCCCCN)CC[C@]4(C)C3CC[C@]12C. The number of unbranched alkanes of at least 4 members (excludes halogenated alkanes) is 4. The summed E-state index contributed by atoms with van der Waals surface area (Å²) in [6.45, 7) is 12.2. The summed E-state index contributed by atoms with van der Waals surface area (Å²) in [4.78, 5) is 13.3. The van der Waals surface area contributed by atoms with Crippen LogP contribution in [0.3, 0.4) is 0 Å². The number of fused-ring (bicyclic) bond motifs is 5. The van der Waals surface area contributed by atoms with Crippen LogP contribution >= 0.6 is 0 Å². The zero-order chi connectivity index (χ0) is 30.2. The average molecular weight is 586 g/mol. The van der Waals surface area contributed by atoms with Gasteiger partial charge in [-0.25, -0.2) is 0 Å². The fourth-order valence-corrected chi connectivity index (χ4v) is 10.0. The smallest absolute Gasteiger partial charge is 0.323 e. The molecule has 3 unspecified atom stereocenters. The minimum Gasteiger partial charge on any atom is -0.461 e. The predicted octanol–water partition coefficient (Wildman–Crippen LogP) is 7.91. The minimum absolute atomic E-state index is 0.0238. The number of hydrogen-bond acceptors (Lipinski definition) is 5. The van der Waals surface area contributed by atoms with Crippen LogP contribution in [0.1, 0.15) is 143 Å². The topological polar surface area (TPSA) is 90.4 Å². The molecule has 0 aromatic heterocycles. The van der Waals surface area contributed by atoms with Crippen molar-refractivity contribution in [2.45, 2.75) is 155 Å². The lowest BCUT2D eigenvalue weighted by atomic mass is 9.47. The normalized spacial score (nSPS) is 34.8.